The Labute approximate surface area is 122 Å². The maximum Gasteiger partial charge on any atom is 0.254 e. The van der Waals surface area contributed by atoms with Gasteiger partial charge in [-0.15, -0.1) is 11.3 Å². The first-order valence-corrected chi connectivity index (χ1v) is 7.40. The molecule has 1 aromatic heterocycles. The van der Waals surface area contributed by atoms with Crippen LogP contribution in [0.25, 0.3) is 0 Å². The Kier molecular flexibility index (Phi) is 3.80. The highest BCUT2D eigenvalue weighted by Crippen LogP contribution is 2.26. The van der Waals surface area contributed by atoms with Crippen LogP contribution < -0.4 is 0 Å². The van der Waals surface area contributed by atoms with Crippen molar-refractivity contribution in [3.8, 4) is 0 Å². The first kappa shape index (κ1) is 13.3. The standard InChI is InChI=1S/C15H16N2O2S/c1-19-10-14-16-12-7-8-17(9-13(12)20-14)15(18)11-5-3-2-4-6-11/h2-6H,7-10H2,1H3. The Balaban J connectivity index is 1.76. The first-order valence-electron chi connectivity index (χ1n) is 6.58. The normalized spacial score (nSPS) is 14.2. The van der Waals surface area contributed by atoms with Crippen LogP contribution in [0, 0.1) is 0 Å². The van der Waals surface area contributed by atoms with E-state index in [1.54, 1.807) is 18.4 Å². The molecule has 0 radical (unpaired) electrons. The molecule has 20 heavy (non-hydrogen) atoms. The minimum atomic E-state index is 0.0953. The fraction of sp³-hybridized carbons (Fsp3) is 0.333. The van der Waals surface area contributed by atoms with Gasteiger partial charge in [-0.1, -0.05) is 18.2 Å². The van der Waals surface area contributed by atoms with Crippen LogP contribution in [0.4, 0.5) is 0 Å². The van der Waals surface area contributed by atoms with E-state index >= 15 is 0 Å². The molecule has 1 aliphatic rings. The van der Waals surface area contributed by atoms with Crippen molar-refractivity contribution in [1.29, 1.82) is 0 Å². The van der Waals surface area contributed by atoms with Gasteiger partial charge >= 0.3 is 0 Å². The monoisotopic (exact) mass is 288 g/mol. The van der Waals surface area contributed by atoms with Gasteiger partial charge in [0.1, 0.15) is 5.01 Å². The highest BCUT2D eigenvalue weighted by Gasteiger charge is 2.24. The summed E-state index contributed by atoms with van der Waals surface area (Å²) in [5.74, 6) is 0.0953. The minimum absolute atomic E-state index is 0.0953. The van der Waals surface area contributed by atoms with Gasteiger partial charge in [-0.05, 0) is 12.1 Å². The van der Waals surface area contributed by atoms with Gasteiger partial charge in [-0.2, -0.15) is 0 Å². The van der Waals surface area contributed by atoms with Crippen molar-refractivity contribution in [3.05, 3.63) is 51.5 Å². The van der Waals surface area contributed by atoms with Crippen molar-refractivity contribution in [2.75, 3.05) is 13.7 Å². The third-order valence-corrected chi connectivity index (χ3v) is 4.41. The lowest BCUT2D eigenvalue weighted by Crippen LogP contribution is -2.35. The van der Waals surface area contributed by atoms with Crippen LogP contribution >= 0.6 is 11.3 Å². The van der Waals surface area contributed by atoms with E-state index in [2.05, 4.69) is 4.98 Å². The van der Waals surface area contributed by atoms with E-state index in [0.29, 0.717) is 13.2 Å². The predicted molar refractivity (Wildman–Crippen MR) is 77.7 cm³/mol. The number of fused-ring (bicyclic) bond motifs is 1. The molecule has 0 saturated carbocycles. The topological polar surface area (TPSA) is 42.4 Å². The van der Waals surface area contributed by atoms with Crippen LogP contribution in [-0.2, 0) is 24.3 Å². The molecule has 0 bridgehead atoms. The van der Waals surface area contributed by atoms with Gasteiger partial charge in [0.15, 0.2) is 0 Å². The number of amides is 1. The molecule has 104 valence electrons. The largest absolute Gasteiger partial charge is 0.378 e. The van der Waals surface area contributed by atoms with Crippen LogP contribution in [0.15, 0.2) is 30.3 Å². The average Bonchev–Trinajstić information content (AvgIpc) is 2.89. The molecular weight excluding hydrogens is 272 g/mol. The summed E-state index contributed by atoms with van der Waals surface area (Å²) in [5.41, 5.74) is 1.87. The minimum Gasteiger partial charge on any atom is -0.378 e. The summed E-state index contributed by atoms with van der Waals surface area (Å²) in [6, 6.07) is 9.44. The molecule has 1 amide bonds. The molecule has 0 fully saturated rings. The Bertz CT molecular complexity index is 610. The third-order valence-electron chi connectivity index (χ3n) is 3.35. The molecule has 0 saturated heterocycles. The zero-order valence-corrected chi connectivity index (χ0v) is 12.2. The van der Waals surface area contributed by atoms with Crippen molar-refractivity contribution in [2.24, 2.45) is 0 Å². The average molecular weight is 288 g/mol. The molecule has 1 aliphatic heterocycles. The Morgan fingerprint density at radius 2 is 2.20 bits per heavy atom. The fourth-order valence-corrected chi connectivity index (χ4v) is 3.47. The van der Waals surface area contributed by atoms with Gasteiger partial charge in [-0.3, -0.25) is 4.79 Å². The molecule has 2 aromatic rings. The molecule has 3 rings (SSSR count). The SMILES string of the molecule is COCc1nc2c(s1)CN(C(=O)c1ccccc1)CC2. The number of methoxy groups -OCH3 is 1. The van der Waals surface area contributed by atoms with Crippen LogP contribution in [0.3, 0.4) is 0 Å². The molecular formula is C15H16N2O2S. The predicted octanol–water partition coefficient (Wildman–Crippen LogP) is 2.49. The lowest BCUT2D eigenvalue weighted by Gasteiger charge is -2.26. The van der Waals surface area contributed by atoms with E-state index in [9.17, 15) is 4.79 Å². The lowest BCUT2D eigenvalue weighted by molar-refractivity contribution is 0.0736. The number of benzene rings is 1. The second-order valence-corrected chi connectivity index (χ2v) is 5.92. The Morgan fingerprint density at radius 3 is 2.95 bits per heavy atom. The number of aromatic nitrogens is 1. The highest BCUT2D eigenvalue weighted by atomic mass is 32.1. The fourth-order valence-electron chi connectivity index (χ4n) is 2.37. The van der Waals surface area contributed by atoms with E-state index in [-0.39, 0.29) is 5.91 Å². The van der Waals surface area contributed by atoms with Gasteiger partial charge < -0.3 is 9.64 Å². The number of thiazole rings is 1. The number of hydrogen-bond acceptors (Lipinski definition) is 4. The van der Waals surface area contributed by atoms with Crippen molar-refractivity contribution >= 4 is 17.2 Å². The molecule has 1 aromatic carbocycles. The zero-order valence-electron chi connectivity index (χ0n) is 11.3. The Morgan fingerprint density at radius 1 is 1.40 bits per heavy atom. The van der Waals surface area contributed by atoms with E-state index < -0.39 is 0 Å². The molecule has 0 unspecified atom stereocenters. The smallest absolute Gasteiger partial charge is 0.254 e. The molecule has 0 N–H and O–H groups in total. The summed E-state index contributed by atoms with van der Waals surface area (Å²) in [5, 5.41) is 0.992. The first-order chi connectivity index (χ1) is 9.78. The van der Waals surface area contributed by atoms with E-state index in [1.807, 2.05) is 35.2 Å². The van der Waals surface area contributed by atoms with Gasteiger partial charge in [0.05, 0.1) is 18.8 Å². The lowest BCUT2D eigenvalue weighted by atomic mass is 10.1. The number of hydrogen-bond donors (Lipinski definition) is 0. The van der Waals surface area contributed by atoms with E-state index in [1.165, 1.54) is 4.88 Å². The number of nitrogens with zero attached hydrogens (tertiary/aromatic N) is 2. The van der Waals surface area contributed by atoms with Crippen LogP contribution in [0.2, 0.25) is 0 Å². The maximum atomic E-state index is 12.4. The van der Waals surface area contributed by atoms with Crippen molar-refractivity contribution < 1.29 is 9.53 Å². The summed E-state index contributed by atoms with van der Waals surface area (Å²) < 4.78 is 5.12. The summed E-state index contributed by atoms with van der Waals surface area (Å²) in [7, 11) is 1.67. The number of carbonyl (C=O) groups is 1. The maximum absolute atomic E-state index is 12.4. The third kappa shape index (κ3) is 2.59. The molecule has 2 heterocycles. The second kappa shape index (κ2) is 5.73. The van der Waals surface area contributed by atoms with Crippen molar-refractivity contribution in [2.45, 2.75) is 19.6 Å². The van der Waals surface area contributed by atoms with Crippen molar-refractivity contribution in [1.82, 2.24) is 9.88 Å². The second-order valence-electron chi connectivity index (χ2n) is 4.75. The van der Waals surface area contributed by atoms with Gasteiger partial charge in [0.25, 0.3) is 5.91 Å². The summed E-state index contributed by atoms with van der Waals surface area (Å²) >= 11 is 1.65. The quantitative estimate of drug-likeness (QED) is 0.871. The summed E-state index contributed by atoms with van der Waals surface area (Å²) in [4.78, 5) is 20.1. The number of carbonyl (C=O) groups excluding carboxylic acids is 1. The summed E-state index contributed by atoms with van der Waals surface area (Å²) in [6.07, 6.45) is 0.828. The Hall–Kier alpha value is -1.72. The van der Waals surface area contributed by atoms with Gasteiger partial charge in [0, 0.05) is 30.5 Å². The molecule has 4 nitrogen and oxygen atoms in total. The molecule has 0 atom stereocenters. The van der Waals surface area contributed by atoms with Gasteiger partial charge in [-0.25, -0.2) is 4.98 Å². The number of ether oxygens (including phenoxy) is 1. The summed E-state index contributed by atoms with van der Waals surface area (Å²) in [6.45, 7) is 1.94. The van der Waals surface area contributed by atoms with Crippen LogP contribution in [0.1, 0.15) is 25.9 Å². The molecule has 0 spiro atoms. The van der Waals surface area contributed by atoms with E-state index in [4.69, 9.17) is 4.74 Å². The van der Waals surface area contributed by atoms with Gasteiger partial charge in [0.2, 0.25) is 0 Å². The van der Waals surface area contributed by atoms with Crippen molar-refractivity contribution in [3.63, 3.8) is 0 Å². The molecule has 0 aliphatic carbocycles. The zero-order chi connectivity index (χ0) is 13.9. The van der Waals surface area contributed by atoms with Crippen LogP contribution in [-0.4, -0.2) is 29.4 Å². The van der Waals surface area contributed by atoms with Crippen LogP contribution in [0.5, 0.6) is 0 Å². The highest BCUT2D eigenvalue weighted by molar-refractivity contribution is 7.11. The molecule has 5 heteroatoms. The number of rotatable bonds is 3. The van der Waals surface area contributed by atoms with E-state index in [0.717, 1.165) is 29.2 Å².